The molecule has 0 atom stereocenters. The van der Waals surface area contributed by atoms with Crippen LogP contribution in [0.25, 0.3) is 0 Å². The first-order valence-electron chi connectivity index (χ1n) is 5.69. The number of hydrogen-bond donors (Lipinski definition) is 1. The average Bonchev–Trinajstić information content (AvgIpc) is 2.85. The predicted molar refractivity (Wildman–Crippen MR) is 70.0 cm³/mol. The lowest BCUT2D eigenvalue weighted by Crippen LogP contribution is -2.10. The molecule has 0 saturated heterocycles. The first kappa shape index (κ1) is 15.7. The largest absolute Gasteiger partial charge is 0.417 e. The topological polar surface area (TPSA) is 29.9 Å². The van der Waals surface area contributed by atoms with Crippen LogP contribution in [0.1, 0.15) is 17.9 Å². The molecule has 9 heteroatoms. The van der Waals surface area contributed by atoms with Crippen molar-refractivity contribution in [3.63, 3.8) is 0 Å². The van der Waals surface area contributed by atoms with Gasteiger partial charge in [-0.25, -0.2) is 4.98 Å². The van der Waals surface area contributed by atoms with Crippen LogP contribution in [-0.2, 0) is 12.7 Å². The zero-order valence-corrected chi connectivity index (χ0v) is 11.9. The van der Waals surface area contributed by atoms with Gasteiger partial charge in [0.25, 0.3) is 0 Å². The third-order valence-electron chi connectivity index (χ3n) is 2.68. The lowest BCUT2D eigenvalue weighted by Gasteiger charge is -2.13. The van der Waals surface area contributed by atoms with Gasteiger partial charge in [0.05, 0.1) is 12.1 Å². The fourth-order valence-electron chi connectivity index (χ4n) is 1.69. The molecule has 0 radical (unpaired) electrons. The minimum atomic E-state index is -4.50. The molecule has 3 nitrogen and oxygen atoms in total. The standard InChI is InChI=1S/C12H9BrF5N3/c13-9-2-1-7(5-8(9)12(16,17)18)20-6-10-19-3-4-21(10)11(14)15/h1-5,11,20H,6H2. The van der Waals surface area contributed by atoms with Crippen LogP contribution in [0, 0.1) is 0 Å². The van der Waals surface area contributed by atoms with Gasteiger partial charge in [-0.2, -0.15) is 22.0 Å². The van der Waals surface area contributed by atoms with E-state index in [1.807, 2.05) is 0 Å². The van der Waals surface area contributed by atoms with Gasteiger partial charge in [-0.1, -0.05) is 15.9 Å². The summed E-state index contributed by atoms with van der Waals surface area (Å²) in [4.78, 5) is 3.73. The van der Waals surface area contributed by atoms with Gasteiger partial charge in [0.2, 0.25) is 0 Å². The molecule has 2 aromatic rings. The molecule has 0 bridgehead atoms. The summed E-state index contributed by atoms with van der Waals surface area (Å²) in [5.74, 6) is 0.0291. The molecule has 1 aromatic carbocycles. The summed E-state index contributed by atoms with van der Waals surface area (Å²) < 4.78 is 64.0. The van der Waals surface area contributed by atoms with Crippen molar-refractivity contribution in [3.8, 4) is 0 Å². The van der Waals surface area contributed by atoms with Crippen LogP contribution in [0.2, 0.25) is 0 Å². The van der Waals surface area contributed by atoms with Gasteiger partial charge in [0.15, 0.2) is 0 Å². The molecule has 1 aromatic heterocycles. The summed E-state index contributed by atoms with van der Waals surface area (Å²) in [7, 11) is 0. The third-order valence-corrected chi connectivity index (χ3v) is 3.37. The molecule has 0 saturated carbocycles. The lowest BCUT2D eigenvalue weighted by atomic mass is 10.2. The Bertz CT molecular complexity index is 624. The monoisotopic (exact) mass is 369 g/mol. The Labute approximate surface area is 124 Å². The number of anilines is 1. The Hall–Kier alpha value is -1.64. The van der Waals surface area contributed by atoms with E-state index in [0.717, 1.165) is 12.3 Å². The van der Waals surface area contributed by atoms with E-state index in [2.05, 4.69) is 26.2 Å². The SMILES string of the molecule is FC(F)n1ccnc1CNc1ccc(Br)c(C(F)(F)F)c1. The minimum absolute atomic E-state index is 0.0291. The second kappa shape index (κ2) is 6.00. The molecule has 0 aliphatic rings. The molecule has 0 fully saturated rings. The van der Waals surface area contributed by atoms with Crippen LogP contribution in [0.5, 0.6) is 0 Å². The zero-order valence-electron chi connectivity index (χ0n) is 10.3. The number of imidazole rings is 1. The van der Waals surface area contributed by atoms with Crippen LogP contribution in [-0.4, -0.2) is 9.55 Å². The Morgan fingerprint density at radius 3 is 2.62 bits per heavy atom. The maximum Gasteiger partial charge on any atom is 0.417 e. The van der Waals surface area contributed by atoms with E-state index < -0.39 is 18.3 Å². The van der Waals surface area contributed by atoms with Gasteiger partial charge in [-0.05, 0) is 18.2 Å². The minimum Gasteiger partial charge on any atom is -0.378 e. The normalized spacial score (nSPS) is 12.0. The van der Waals surface area contributed by atoms with E-state index in [1.54, 1.807) is 0 Å². The van der Waals surface area contributed by atoms with Gasteiger partial charge >= 0.3 is 12.7 Å². The smallest absolute Gasteiger partial charge is 0.378 e. The number of hydrogen-bond acceptors (Lipinski definition) is 2. The molecule has 114 valence electrons. The number of aromatic nitrogens is 2. The van der Waals surface area contributed by atoms with E-state index in [4.69, 9.17) is 0 Å². The maximum absolute atomic E-state index is 12.7. The highest BCUT2D eigenvalue weighted by Gasteiger charge is 2.33. The highest BCUT2D eigenvalue weighted by Crippen LogP contribution is 2.36. The first-order chi connectivity index (χ1) is 9.79. The molecule has 0 amide bonds. The van der Waals surface area contributed by atoms with E-state index >= 15 is 0 Å². The van der Waals surface area contributed by atoms with Crippen molar-refractivity contribution in [2.75, 3.05) is 5.32 Å². The van der Waals surface area contributed by atoms with Crippen molar-refractivity contribution >= 4 is 21.6 Å². The van der Waals surface area contributed by atoms with Crippen LogP contribution in [0.4, 0.5) is 27.6 Å². The van der Waals surface area contributed by atoms with Crippen molar-refractivity contribution < 1.29 is 22.0 Å². The molecule has 0 unspecified atom stereocenters. The van der Waals surface area contributed by atoms with Gasteiger partial charge in [0.1, 0.15) is 5.82 Å². The second-order valence-electron chi connectivity index (χ2n) is 4.07. The number of rotatable bonds is 4. The van der Waals surface area contributed by atoms with Gasteiger partial charge in [-0.3, -0.25) is 4.57 Å². The Balaban J connectivity index is 2.16. The van der Waals surface area contributed by atoms with Crippen molar-refractivity contribution in [2.24, 2.45) is 0 Å². The predicted octanol–water partition coefficient (Wildman–Crippen LogP) is 4.67. The van der Waals surface area contributed by atoms with Crippen molar-refractivity contribution in [2.45, 2.75) is 19.3 Å². The van der Waals surface area contributed by atoms with E-state index in [1.165, 1.54) is 18.3 Å². The maximum atomic E-state index is 12.7. The Morgan fingerprint density at radius 2 is 2.00 bits per heavy atom. The Morgan fingerprint density at radius 1 is 1.29 bits per heavy atom. The highest BCUT2D eigenvalue weighted by molar-refractivity contribution is 9.10. The van der Waals surface area contributed by atoms with E-state index in [9.17, 15) is 22.0 Å². The van der Waals surface area contributed by atoms with Crippen LogP contribution in [0.15, 0.2) is 35.1 Å². The molecule has 21 heavy (non-hydrogen) atoms. The van der Waals surface area contributed by atoms with Crippen LogP contribution < -0.4 is 5.32 Å². The van der Waals surface area contributed by atoms with Crippen LogP contribution >= 0.6 is 15.9 Å². The van der Waals surface area contributed by atoms with Crippen LogP contribution in [0.3, 0.4) is 0 Å². The summed E-state index contributed by atoms with van der Waals surface area (Å²) in [6, 6.07) is 3.56. The first-order valence-corrected chi connectivity index (χ1v) is 6.49. The molecule has 0 aliphatic heterocycles. The molecule has 1 heterocycles. The van der Waals surface area contributed by atoms with Crippen molar-refractivity contribution in [3.05, 3.63) is 46.5 Å². The fourth-order valence-corrected chi connectivity index (χ4v) is 2.16. The number of benzene rings is 1. The summed E-state index contributed by atoms with van der Waals surface area (Å²) >= 11 is 2.82. The van der Waals surface area contributed by atoms with Gasteiger partial charge < -0.3 is 5.32 Å². The number of alkyl halides is 5. The fraction of sp³-hybridized carbons (Fsp3) is 0.250. The third kappa shape index (κ3) is 3.72. The molecular formula is C12H9BrF5N3. The van der Waals surface area contributed by atoms with Gasteiger partial charge in [0, 0.05) is 22.6 Å². The number of halogens is 6. The quantitative estimate of drug-likeness (QED) is 0.793. The number of nitrogens with zero attached hydrogens (tertiary/aromatic N) is 2. The molecule has 2 rings (SSSR count). The zero-order chi connectivity index (χ0) is 15.6. The molecular weight excluding hydrogens is 361 g/mol. The summed E-state index contributed by atoms with van der Waals surface area (Å²) in [6.45, 7) is -2.86. The summed E-state index contributed by atoms with van der Waals surface area (Å²) in [5.41, 5.74) is -0.681. The number of nitrogens with one attached hydrogen (secondary N) is 1. The highest BCUT2D eigenvalue weighted by atomic mass is 79.9. The molecule has 1 N–H and O–H groups in total. The lowest BCUT2D eigenvalue weighted by molar-refractivity contribution is -0.138. The van der Waals surface area contributed by atoms with E-state index in [-0.39, 0.29) is 22.5 Å². The molecule has 0 spiro atoms. The van der Waals surface area contributed by atoms with Crippen molar-refractivity contribution in [1.82, 2.24) is 9.55 Å². The van der Waals surface area contributed by atoms with E-state index in [0.29, 0.717) is 4.57 Å². The Kier molecular flexibility index (Phi) is 4.50. The average molecular weight is 370 g/mol. The van der Waals surface area contributed by atoms with Crippen molar-refractivity contribution in [1.29, 1.82) is 0 Å². The van der Waals surface area contributed by atoms with Gasteiger partial charge in [-0.15, -0.1) is 0 Å². The second-order valence-corrected chi connectivity index (χ2v) is 4.93. The summed E-state index contributed by atoms with van der Waals surface area (Å²) in [6.07, 6.45) is -2.20. The molecule has 0 aliphatic carbocycles. The summed E-state index contributed by atoms with van der Waals surface area (Å²) in [5, 5.41) is 2.64.